The molecule has 0 saturated carbocycles. The van der Waals surface area contributed by atoms with E-state index >= 15 is 0 Å². The number of ether oxygens (including phenoxy) is 1. The number of anilines is 1. The van der Waals surface area contributed by atoms with Gasteiger partial charge in [-0.1, -0.05) is 53.2 Å². The summed E-state index contributed by atoms with van der Waals surface area (Å²) in [5.74, 6) is 0.374. The Labute approximate surface area is 198 Å². The fourth-order valence-corrected chi connectivity index (χ4v) is 4.20. The predicted molar refractivity (Wildman–Crippen MR) is 130 cm³/mol. The minimum atomic E-state index is -0.270. The van der Waals surface area contributed by atoms with Crippen molar-refractivity contribution in [3.63, 3.8) is 0 Å². The molecule has 1 N–H and O–H groups in total. The van der Waals surface area contributed by atoms with Gasteiger partial charge in [-0.15, -0.1) is 0 Å². The van der Waals surface area contributed by atoms with Crippen LogP contribution in [0.2, 0.25) is 10.0 Å². The van der Waals surface area contributed by atoms with Crippen molar-refractivity contribution in [2.45, 2.75) is 5.16 Å². The van der Waals surface area contributed by atoms with E-state index in [1.165, 1.54) is 4.57 Å². The number of carbonyl (C=O) groups is 1. The molecule has 0 aliphatic carbocycles. The van der Waals surface area contributed by atoms with E-state index in [0.717, 1.165) is 11.8 Å². The van der Waals surface area contributed by atoms with Gasteiger partial charge in [0.05, 0.1) is 39.5 Å². The number of amides is 1. The number of hydrogen-bond donors (Lipinski definition) is 1. The third kappa shape index (κ3) is 4.75. The molecular formula is C23H17Cl2N3O3S. The van der Waals surface area contributed by atoms with E-state index < -0.39 is 0 Å². The summed E-state index contributed by atoms with van der Waals surface area (Å²) < 4.78 is 6.79. The van der Waals surface area contributed by atoms with Crippen LogP contribution in [0.3, 0.4) is 0 Å². The van der Waals surface area contributed by atoms with Crippen molar-refractivity contribution in [2.75, 3.05) is 18.2 Å². The zero-order valence-corrected chi connectivity index (χ0v) is 19.2. The smallest absolute Gasteiger partial charge is 0.266 e. The number of nitrogens with zero attached hydrogens (tertiary/aromatic N) is 2. The Morgan fingerprint density at radius 3 is 2.66 bits per heavy atom. The predicted octanol–water partition coefficient (Wildman–Crippen LogP) is 5.43. The summed E-state index contributed by atoms with van der Waals surface area (Å²) in [5.41, 5.74) is 1.46. The van der Waals surface area contributed by atoms with E-state index in [1.807, 2.05) is 6.07 Å². The Morgan fingerprint density at radius 1 is 1.06 bits per heavy atom. The minimum absolute atomic E-state index is 0.0367. The highest BCUT2D eigenvalue weighted by Gasteiger charge is 2.15. The fourth-order valence-electron chi connectivity index (χ4n) is 3.09. The summed E-state index contributed by atoms with van der Waals surface area (Å²) >= 11 is 13.1. The summed E-state index contributed by atoms with van der Waals surface area (Å²) in [5, 5.41) is 4.40. The van der Waals surface area contributed by atoms with Crippen molar-refractivity contribution in [3.8, 4) is 11.4 Å². The third-order valence-corrected chi connectivity index (χ3v) is 6.27. The highest BCUT2D eigenvalue weighted by atomic mass is 35.5. The van der Waals surface area contributed by atoms with Crippen LogP contribution in [0.1, 0.15) is 0 Å². The SMILES string of the molecule is COc1cccc(-n2c(SCC(=O)Nc3ccc(Cl)c(Cl)c3)nc3ccccc3c2=O)c1. The first-order valence-corrected chi connectivity index (χ1v) is 11.2. The van der Waals surface area contributed by atoms with Crippen LogP contribution in [0.5, 0.6) is 5.75 Å². The normalized spacial score (nSPS) is 10.8. The standard InChI is InChI=1S/C23H17Cl2N3O3S/c1-31-16-6-4-5-15(12-16)28-22(30)17-7-2-3-8-20(17)27-23(28)32-13-21(29)26-14-9-10-18(24)19(25)11-14/h2-12H,13H2,1H3,(H,26,29). The molecule has 1 aromatic heterocycles. The first kappa shape index (κ1) is 22.2. The Kier molecular flexibility index (Phi) is 6.69. The molecule has 3 aromatic carbocycles. The van der Waals surface area contributed by atoms with Gasteiger partial charge >= 0.3 is 0 Å². The number of para-hydroxylation sites is 1. The number of fused-ring (bicyclic) bond motifs is 1. The summed E-state index contributed by atoms with van der Waals surface area (Å²) in [7, 11) is 1.56. The van der Waals surface area contributed by atoms with E-state index in [9.17, 15) is 9.59 Å². The molecular weight excluding hydrogens is 469 g/mol. The van der Waals surface area contributed by atoms with E-state index in [2.05, 4.69) is 10.3 Å². The van der Waals surface area contributed by atoms with Crippen molar-refractivity contribution >= 4 is 57.5 Å². The lowest BCUT2D eigenvalue weighted by Crippen LogP contribution is -2.23. The van der Waals surface area contributed by atoms with Gasteiger partial charge in [-0.2, -0.15) is 0 Å². The van der Waals surface area contributed by atoms with Crippen LogP contribution in [-0.4, -0.2) is 28.3 Å². The molecule has 0 unspecified atom stereocenters. The van der Waals surface area contributed by atoms with Gasteiger partial charge in [-0.05, 0) is 42.5 Å². The molecule has 6 nitrogen and oxygen atoms in total. The molecule has 32 heavy (non-hydrogen) atoms. The van der Waals surface area contributed by atoms with Gasteiger partial charge in [0.2, 0.25) is 5.91 Å². The number of thioether (sulfide) groups is 1. The molecule has 0 fully saturated rings. The van der Waals surface area contributed by atoms with Gasteiger partial charge in [0.25, 0.3) is 5.56 Å². The maximum atomic E-state index is 13.3. The summed E-state index contributed by atoms with van der Waals surface area (Å²) in [6.45, 7) is 0. The van der Waals surface area contributed by atoms with Crippen LogP contribution < -0.4 is 15.6 Å². The van der Waals surface area contributed by atoms with Crippen LogP contribution in [0, 0.1) is 0 Å². The highest BCUT2D eigenvalue weighted by molar-refractivity contribution is 7.99. The van der Waals surface area contributed by atoms with Gasteiger partial charge < -0.3 is 10.1 Å². The number of hydrogen-bond acceptors (Lipinski definition) is 5. The Morgan fingerprint density at radius 2 is 1.88 bits per heavy atom. The lowest BCUT2D eigenvalue weighted by Gasteiger charge is -2.14. The van der Waals surface area contributed by atoms with Crippen LogP contribution in [0.15, 0.2) is 76.7 Å². The van der Waals surface area contributed by atoms with Crippen molar-refractivity contribution in [1.82, 2.24) is 9.55 Å². The average molecular weight is 486 g/mol. The Balaban J connectivity index is 1.67. The third-order valence-electron chi connectivity index (χ3n) is 4.59. The number of nitrogens with one attached hydrogen (secondary N) is 1. The maximum Gasteiger partial charge on any atom is 0.266 e. The van der Waals surface area contributed by atoms with Crippen LogP contribution in [0.25, 0.3) is 16.6 Å². The molecule has 1 amide bonds. The van der Waals surface area contributed by atoms with Crippen LogP contribution >= 0.6 is 35.0 Å². The number of rotatable bonds is 6. The van der Waals surface area contributed by atoms with Crippen molar-refractivity contribution in [1.29, 1.82) is 0 Å². The minimum Gasteiger partial charge on any atom is -0.497 e. The maximum absolute atomic E-state index is 13.3. The molecule has 0 bridgehead atoms. The lowest BCUT2D eigenvalue weighted by molar-refractivity contribution is -0.113. The highest BCUT2D eigenvalue weighted by Crippen LogP contribution is 2.26. The topological polar surface area (TPSA) is 73.2 Å². The average Bonchev–Trinajstić information content (AvgIpc) is 2.80. The number of methoxy groups -OCH3 is 1. The number of halogens is 2. The largest absolute Gasteiger partial charge is 0.497 e. The molecule has 0 aliphatic heterocycles. The number of benzene rings is 3. The van der Waals surface area contributed by atoms with Crippen molar-refractivity contribution in [3.05, 3.63) is 87.1 Å². The summed E-state index contributed by atoms with van der Waals surface area (Å²) in [6.07, 6.45) is 0. The fraction of sp³-hybridized carbons (Fsp3) is 0.0870. The van der Waals surface area contributed by atoms with E-state index in [4.69, 9.17) is 27.9 Å². The Bertz CT molecular complexity index is 1370. The van der Waals surface area contributed by atoms with Crippen molar-refractivity contribution < 1.29 is 9.53 Å². The van der Waals surface area contributed by atoms with Crippen LogP contribution in [0.4, 0.5) is 5.69 Å². The molecule has 0 aliphatic rings. The first-order valence-electron chi connectivity index (χ1n) is 9.50. The molecule has 1 heterocycles. The van der Waals surface area contributed by atoms with Gasteiger partial charge in [0, 0.05) is 11.8 Å². The van der Waals surface area contributed by atoms with Crippen molar-refractivity contribution in [2.24, 2.45) is 0 Å². The van der Waals surface area contributed by atoms with Gasteiger partial charge in [0.1, 0.15) is 5.75 Å². The molecule has 4 rings (SSSR count). The zero-order chi connectivity index (χ0) is 22.7. The number of aromatic nitrogens is 2. The molecule has 0 atom stereocenters. The first-order chi connectivity index (χ1) is 15.5. The van der Waals surface area contributed by atoms with Gasteiger partial charge in [-0.25, -0.2) is 4.98 Å². The summed E-state index contributed by atoms with van der Waals surface area (Å²) in [6, 6.07) is 19.1. The van der Waals surface area contributed by atoms with E-state index in [0.29, 0.717) is 43.2 Å². The second-order valence-corrected chi connectivity index (χ2v) is 8.48. The quantitative estimate of drug-likeness (QED) is 0.291. The molecule has 4 aromatic rings. The van der Waals surface area contributed by atoms with Gasteiger partial charge in [0.15, 0.2) is 5.16 Å². The molecule has 9 heteroatoms. The molecule has 0 saturated heterocycles. The van der Waals surface area contributed by atoms with E-state index in [1.54, 1.807) is 67.8 Å². The molecule has 0 spiro atoms. The monoisotopic (exact) mass is 485 g/mol. The molecule has 162 valence electrons. The molecule has 0 radical (unpaired) electrons. The van der Waals surface area contributed by atoms with E-state index in [-0.39, 0.29) is 17.2 Å². The van der Waals surface area contributed by atoms with Crippen LogP contribution in [-0.2, 0) is 4.79 Å². The second-order valence-electron chi connectivity index (χ2n) is 6.72. The lowest BCUT2D eigenvalue weighted by atomic mass is 10.2. The Hall–Kier alpha value is -3.00. The second kappa shape index (κ2) is 9.65. The number of carbonyl (C=O) groups excluding carboxylic acids is 1. The summed E-state index contributed by atoms with van der Waals surface area (Å²) in [4.78, 5) is 30.5. The van der Waals surface area contributed by atoms with Gasteiger partial charge in [-0.3, -0.25) is 14.2 Å². The zero-order valence-electron chi connectivity index (χ0n) is 16.8.